The van der Waals surface area contributed by atoms with Crippen LogP contribution in [0.2, 0.25) is 0 Å². The fourth-order valence-corrected chi connectivity index (χ4v) is 3.63. The number of carbonyl (C=O) groups excluding carboxylic acids is 1. The van der Waals surface area contributed by atoms with Gasteiger partial charge in [0.05, 0.1) is 50.6 Å². The van der Waals surface area contributed by atoms with Gasteiger partial charge in [0, 0.05) is 25.1 Å². The molecule has 4 heterocycles. The molecule has 0 bridgehead atoms. The van der Waals surface area contributed by atoms with E-state index in [0.29, 0.717) is 33.3 Å². The van der Waals surface area contributed by atoms with Gasteiger partial charge in [-0.05, 0) is 18.2 Å². The molecule has 10 nitrogen and oxygen atoms in total. The van der Waals surface area contributed by atoms with Crippen LogP contribution in [0.15, 0.2) is 36.8 Å². The number of pyridine rings is 2. The van der Waals surface area contributed by atoms with Crippen molar-refractivity contribution in [3.8, 4) is 22.9 Å². The number of ether oxygens (including phenoxy) is 4. The molecule has 0 saturated heterocycles. The van der Waals surface area contributed by atoms with Crippen molar-refractivity contribution in [3.63, 3.8) is 0 Å². The molecule has 0 radical (unpaired) electrons. The van der Waals surface area contributed by atoms with Crippen LogP contribution in [0, 0.1) is 0 Å². The van der Waals surface area contributed by atoms with Crippen molar-refractivity contribution in [2.75, 3.05) is 39.4 Å². The summed E-state index contributed by atoms with van der Waals surface area (Å²) in [6.45, 7) is -0.933. The number of nitrogens with zero attached hydrogens (tertiary/aromatic N) is 5. The minimum Gasteiger partial charge on any atom is -0.491 e. The van der Waals surface area contributed by atoms with E-state index in [1.165, 1.54) is 32.4 Å². The first-order chi connectivity index (χ1) is 16.8. The maximum absolute atomic E-state index is 13.2. The molecule has 1 aliphatic rings. The Labute approximate surface area is 198 Å². The maximum atomic E-state index is 13.2. The van der Waals surface area contributed by atoms with Gasteiger partial charge in [0.15, 0.2) is 12.0 Å². The van der Waals surface area contributed by atoms with E-state index in [1.54, 1.807) is 24.4 Å². The van der Waals surface area contributed by atoms with E-state index in [9.17, 15) is 18.0 Å². The number of halogens is 3. The SMILES string of the molecule is COCCO[C@@H]1c2nc(-c3cnc(OC)c(OC)c3)ccc2C(=O)N1c1cnn(CC(F)(F)F)c1. The number of hydrogen-bond donors (Lipinski definition) is 0. The summed E-state index contributed by atoms with van der Waals surface area (Å²) < 4.78 is 60.5. The van der Waals surface area contributed by atoms with Gasteiger partial charge in [-0.1, -0.05) is 0 Å². The summed E-state index contributed by atoms with van der Waals surface area (Å²) in [5.41, 5.74) is 1.80. The summed E-state index contributed by atoms with van der Waals surface area (Å²) in [7, 11) is 4.45. The lowest BCUT2D eigenvalue weighted by Crippen LogP contribution is -2.30. The summed E-state index contributed by atoms with van der Waals surface area (Å²) >= 11 is 0. The third kappa shape index (κ3) is 5.05. The zero-order valence-electron chi connectivity index (χ0n) is 19.1. The molecule has 1 aliphatic heterocycles. The molecule has 35 heavy (non-hydrogen) atoms. The molecule has 4 rings (SSSR count). The van der Waals surface area contributed by atoms with Crippen LogP contribution in [-0.2, 0) is 16.0 Å². The van der Waals surface area contributed by atoms with E-state index in [0.717, 1.165) is 6.20 Å². The molecule has 1 atom stereocenters. The van der Waals surface area contributed by atoms with Gasteiger partial charge in [-0.3, -0.25) is 14.4 Å². The standard InChI is InChI=1S/C22H22F3N5O5/c1-32-6-7-35-21-18-15(20(31)30(21)14-10-27-29(11-14)12-22(23,24)25)4-5-16(28-18)13-8-17(33-2)19(34-3)26-9-13/h4-5,8-11,21H,6-7,12H2,1-3H3/t21-/m1/s1. The molecule has 0 saturated carbocycles. The number of aromatic nitrogens is 4. The number of carbonyl (C=O) groups is 1. The molecule has 0 aliphatic carbocycles. The van der Waals surface area contributed by atoms with Gasteiger partial charge < -0.3 is 18.9 Å². The summed E-state index contributed by atoms with van der Waals surface area (Å²) in [4.78, 5) is 23.3. The molecule has 3 aromatic rings. The number of fused-ring (bicyclic) bond motifs is 1. The highest BCUT2D eigenvalue weighted by Gasteiger charge is 2.41. The molecule has 0 unspecified atom stereocenters. The lowest BCUT2D eigenvalue weighted by atomic mass is 10.1. The molecule has 0 N–H and O–H groups in total. The Kier molecular flexibility index (Phi) is 6.89. The highest BCUT2D eigenvalue weighted by molar-refractivity contribution is 6.10. The van der Waals surface area contributed by atoms with E-state index in [1.807, 2.05) is 0 Å². The summed E-state index contributed by atoms with van der Waals surface area (Å²) in [6, 6.07) is 4.92. The minimum absolute atomic E-state index is 0.116. The van der Waals surface area contributed by atoms with E-state index in [4.69, 9.17) is 18.9 Å². The predicted octanol–water partition coefficient (Wildman–Crippen LogP) is 3.24. The average molecular weight is 493 g/mol. The van der Waals surface area contributed by atoms with Crippen LogP contribution in [0.1, 0.15) is 22.3 Å². The Morgan fingerprint density at radius 2 is 1.89 bits per heavy atom. The Hall–Kier alpha value is -3.71. The monoisotopic (exact) mass is 493 g/mol. The smallest absolute Gasteiger partial charge is 0.408 e. The predicted molar refractivity (Wildman–Crippen MR) is 116 cm³/mol. The van der Waals surface area contributed by atoms with Gasteiger partial charge in [0.2, 0.25) is 0 Å². The quantitative estimate of drug-likeness (QED) is 0.419. The zero-order valence-corrected chi connectivity index (χ0v) is 19.1. The number of methoxy groups -OCH3 is 3. The molecule has 3 aromatic heterocycles. The third-order valence-corrected chi connectivity index (χ3v) is 5.17. The third-order valence-electron chi connectivity index (χ3n) is 5.17. The first-order valence-corrected chi connectivity index (χ1v) is 10.4. The molecular formula is C22H22F3N5O5. The molecule has 0 aromatic carbocycles. The van der Waals surface area contributed by atoms with Crippen molar-refractivity contribution in [2.45, 2.75) is 18.9 Å². The van der Waals surface area contributed by atoms with E-state index < -0.39 is 24.9 Å². The number of rotatable bonds is 9. The van der Waals surface area contributed by atoms with E-state index >= 15 is 0 Å². The summed E-state index contributed by atoms with van der Waals surface area (Å²) in [6.07, 6.45) is -1.58. The lowest BCUT2D eigenvalue weighted by Gasteiger charge is -2.23. The molecular weight excluding hydrogens is 471 g/mol. The van der Waals surface area contributed by atoms with Crippen molar-refractivity contribution in [1.82, 2.24) is 19.7 Å². The normalized spacial score (nSPS) is 15.4. The summed E-state index contributed by atoms with van der Waals surface area (Å²) in [5, 5.41) is 3.74. The minimum atomic E-state index is -4.46. The van der Waals surface area contributed by atoms with Gasteiger partial charge >= 0.3 is 6.18 Å². The molecule has 13 heteroatoms. The Morgan fingerprint density at radius 1 is 1.09 bits per heavy atom. The second-order valence-corrected chi connectivity index (χ2v) is 7.47. The second kappa shape index (κ2) is 9.88. The van der Waals surface area contributed by atoms with Gasteiger partial charge in [-0.15, -0.1) is 0 Å². The lowest BCUT2D eigenvalue weighted by molar-refractivity contribution is -0.142. The van der Waals surface area contributed by atoms with Crippen molar-refractivity contribution in [3.05, 3.63) is 48.0 Å². The van der Waals surface area contributed by atoms with Crippen LogP contribution >= 0.6 is 0 Å². The van der Waals surface area contributed by atoms with Crippen LogP contribution in [-0.4, -0.2) is 66.4 Å². The number of alkyl halides is 3. The van der Waals surface area contributed by atoms with Gasteiger partial charge in [-0.2, -0.15) is 18.3 Å². The van der Waals surface area contributed by atoms with Crippen molar-refractivity contribution in [1.29, 1.82) is 0 Å². The number of anilines is 1. The fraction of sp³-hybridized carbons (Fsp3) is 0.364. The molecule has 1 amide bonds. The fourth-order valence-electron chi connectivity index (χ4n) is 3.63. The van der Waals surface area contributed by atoms with E-state index in [-0.39, 0.29) is 24.5 Å². The molecule has 0 fully saturated rings. The largest absolute Gasteiger partial charge is 0.491 e. The average Bonchev–Trinajstić information content (AvgIpc) is 3.39. The van der Waals surface area contributed by atoms with Crippen LogP contribution in [0.25, 0.3) is 11.3 Å². The van der Waals surface area contributed by atoms with Crippen molar-refractivity contribution >= 4 is 11.6 Å². The number of hydrogen-bond acceptors (Lipinski definition) is 8. The highest BCUT2D eigenvalue weighted by Crippen LogP contribution is 2.39. The summed E-state index contributed by atoms with van der Waals surface area (Å²) in [5.74, 6) is 0.226. The van der Waals surface area contributed by atoms with Crippen LogP contribution < -0.4 is 14.4 Å². The molecule has 0 spiro atoms. The maximum Gasteiger partial charge on any atom is 0.408 e. The van der Waals surface area contributed by atoms with Crippen molar-refractivity contribution < 1.29 is 36.9 Å². The first-order valence-electron chi connectivity index (χ1n) is 10.4. The van der Waals surface area contributed by atoms with E-state index in [2.05, 4.69) is 15.1 Å². The zero-order chi connectivity index (χ0) is 25.2. The first kappa shape index (κ1) is 24.4. The Bertz CT molecular complexity index is 1220. The Balaban J connectivity index is 1.71. The van der Waals surface area contributed by atoms with Crippen LogP contribution in [0.3, 0.4) is 0 Å². The van der Waals surface area contributed by atoms with Gasteiger partial charge in [0.25, 0.3) is 11.8 Å². The molecule has 186 valence electrons. The van der Waals surface area contributed by atoms with Crippen molar-refractivity contribution in [2.24, 2.45) is 0 Å². The highest BCUT2D eigenvalue weighted by atomic mass is 19.4. The topological polar surface area (TPSA) is 101 Å². The van der Waals surface area contributed by atoms with Crippen LogP contribution in [0.5, 0.6) is 11.6 Å². The second-order valence-electron chi connectivity index (χ2n) is 7.47. The Morgan fingerprint density at radius 3 is 2.57 bits per heavy atom. The van der Waals surface area contributed by atoms with Gasteiger partial charge in [-0.25, -0.2) is 9.97 Å². The number of amides is 1. The van der Waals surface area contributed by atoms with Gasteiger partial charge in [0.1, 0.15) is 12.2 Å². The van der Waals surface area contributed by atoms with Crippen LogP contribution in [0.4, 0.5) is 18.9 Å².